The molecule has 5 heterocycles. The Labute approximate surface area is 471 Å². The van der Waals surface area contributed by atoms with Crippen LogP contribution in [0.1, 0.15) is 88.3 Å². The van der Waals surface area contributed by atoms with E-state index in [2.05, 4.69) is 68.7 Å². The molecule has 12 nitrogen and oxygen atoms in total. The highest BCUT2D eigenvalue weighted by molar-refractivity contribution is 9.11. The number of benzene rings is 3. The highest BCUT2D eigenvalue weighted by Crippen LogP contribution is 2.42. The summed E-state index contributed by atoms with van der Waals surface area (Å²) in [4.78, 5) is 55.7. The minimum absolute atomic E-state index is 0.0848. The van der Waals surface area contributed by atoms with E-state index in [0.717, 1.165) is 102 Å². The van der Waals surface area contributed by atoms with Gasteiger partial charge in [0, 0.05) is 96.2 Å². The van der Waals surface area contributed by atoms with Crippen LogP contribution in [0.2, 0.25) is 25.1 Å². The molecule has 4 aromatic heterocycles. The Bertz CT molecular complexity index is 3360. The number of nitrogens with two attached hydrogens (primary N) is 2. The molecule has 1 saturated heterocycles. The fourth-order valence-corrected chi connectivity index (χ4v) is 12.2. The Morgan fingerprint density at radius 1 is 0.644 bits per heavy atom. The summed E-state index contributed by atoms with van der Waals surface area (Å²) in [5, 5.41) is 11.8. The predicted molar refractivity (Wildman–Crippen MR) is 296 cm³/mol. The first-order valence-electron chi connectivity index (χ1n) is 23.0. The van der Waals surface area contributed by atoms with Gasteiger partial charge >= 0.3 is 0 Å². The van der Waals surface area contributed by atoms with Crippen LogP contribution in [0.25, 0.3) is 0 Å². The lowest BCUT2D eigenvalue weighted by Gasteiger charge is -2.40. The fourth-order valence-electron chi connectivity index (χ4n) is 9.65. The summed E-state index contributed by atoms with van der Waals surface area (Å²) in [5.41, 5.74) is 23.1. The Hall–Kier alpha value is -4.68. The number of hydrogen-bond donors (Lipinski definition) is 3. The third kappa shape index (κ3) is 11.6. The molecule has 0 bridgehead atoms. The SMILES string of the molecule is Nc1c(Cl)cc2c(c1Cl)C(=O)c1ncc(Br)cc1CC2.Nc1cc2c(cc1Cl)CCc1cc(Br)cnc1C2=O.O=C(Cc1cc[n+](O)cc1)N1CCN(C2c3ncc(Br)cc3CCc3cc(Cl)cc(Cl)c32)CC1. The lowest BCUT2D eigenvalue weighted by Crippen LogP contribution is -2.50. The quantitative estimate of drug-likeness (QED) is 0.0878. The summed E-state index contributed by atoms with van der Waals surface area (Å²) in [6.07, 6.45) is 13.1. The number of amides is 1. The molecule has 3 aromatic carbocycles. The van der Waals surface area contributed by atoms with Gasteiger partial charge < -0.3 is 16.4 Å². The number of nitrogen functional groups attached to an aromatic ring is 2. The van der Waals surface area contributed by atoms with E-state index in [9.17, 15) is 19.6 Å². The minimum Gasteiger partial charge on any atom is -0.398 e. The highest BCUT2D eigenvalue weighted by Gasteiger charge is 2.35. The van der Waals surface area contributed by atoms with Crippen LogP contribution in [0, 0.1) is 0 Å². The lowest BCUT2D eigenvalue weighted by molar-refractivity contribution is -0.904. The van der Waals surface area contributed by atoms with Gasteiger partial charge in [0.05, 0.1) is 44.6 Å². The molecule has 1 atom stereocenters. The van der Waals surface area contributed by atoms with Gasteiger partial charge in [-0.25, -0.2) is 0 Å². The van der Waals surface area contributed by atoms with E-state index in [0.29, 0.717) is 80.6 Å². The van der Waals surface area contributed by atoms with Gasteiger partial charge in [-0.15, -0.1) is 0 Å². The van der Waals surface area contributed by atoms with Crippen molar-refractivity contribution in [1.82, 2.24) is 24.8 Å². The Morgan fingerprint density at radius 2 is 1.19 bits per heavy atom. The number of pyridine rings is 4. The van der Waals surface area contributed by atoms with Crippen molar-refractivity contribution < 1.29 is 24.3 Å². The van der Waals surface area contributed by atoms with Crippen molar-refractivity contribution >= 4 is 135 Å². The second kappa shape index (κ2) is 22.7. The van der Waals surface area contributed by atoms with E-state index in [1.165, 1.54) is 18.0 Å². The summed E-state index contributed by atoms with van der Waals surface area (Å²) < 4.78 is 3.66. The van der Waals surface area contributed by atoms with Gasteiger partial charge in [-0.2, -0.15) is 0 Å². The number of nitrogens with zero attached hydrogens (tertiary/aromatic N) is 6. The molecule has 11 rings (SSSR count). The molecule has 0 radical (unpaired) electrons. The summed E-state index contributed by atoms with van der Waals surface area (Å²) >= 11 is 41.7. The molecule has 3 aliphatic carbocycles. The smallest absolute Gasteiger partial charge is 0.227 e. The van der Waals surface area contributed by atoms with Crippen molar-refractivity contribution in [3.05, 3.63) is 203 Å². The number of halogens is 8. The maximum absolute atomic E-state index is 12.9. The fraction of sp³-hybridized carbons (Fsp3) is 0.226. The molecule has 20 heteroatoms. The van der Waals surface area contributed by atoms with Gasteiger partial charge in [0.15, 0.2) is 0 Å². The zero-order chi connectivity index (χ0) is 51.8. The molecule has 1 amide bonds. The minimum atomic E-state index is -0.201. The van der Waals surface area contributed by atoms with Crippen LogP contribution < -0.4 is 16.2 Å². The molecule has 0 spiro atoms. The molecule has 1 unspecified atom stereocenters. The molecule has 4 aliphatic rings. The third-order valence-corrected chi connectivity index (χ3v) is 16.1. The predicted octanol–water partition coefficient (Wildman–Crippen LogP) is 11.7. The van der Waals surface area contributed by atoms with E-state index in [-0.39, 0.29) is 34.2 Å². The zero-order valence-corrected chi connectivity index (χ0v) is 47.1. The number of rotatable bonds is 3. The number of fused-ring (bicyclic) bond motifs is 6. The van der Waals surface area contributed by atoms with Crippen molar-refractivity contribution in [1.29, 1.82) is 0 Å². The zero-order valence-electron chi connectivity index (χ0n) is 38.5. The normalized spacial score (nSPS) is 15.8. The Balaban J connectivity index is 0.000000144. The maximum atomic E-state index is 12.9. The Kier molecular flexibility index (Phi) is 16.5. The second-order valence-corrected chi connectivity index (χ2v) is 22.7. The van der Waals surface area contributed by atoms with Gasteiger partial charge in [-0.05, 0) is 179 Å². The topological polar surface area (TPSA) is 173 Å². The number of aromatic nitrogens is 4. The first-order valence-corrected chi connectivity index (χ1v) is 27.3. The number of carbonyl (C=O) groups is 3. The van der Waals surface area contributed by atoms with Gasteiger partial charge in [-0.1, -0.05) is 58.0 Å². The number of anilines is 2. The summed E-state index contributed by atoms with van der Waals surface area (Å²) in [5.74, 6) is -0.199. The number of hydrogen-bond acceptors (Lipinski definition) is 10. The van der Waals surface area contributed by atoms with E-state index < -0.39 is 0 Å². The summed E-state index contributed by atoms with van der Waals surface area (Å²) in [6.45, 7) is 2.71. The van der Waals surface area contributed by atoms with Crippen LogP contribution in [0.15, 0.2) is 105 Å². The van der Waals surface area contributed by atoms with Crippen LogP contribution in [0.5, 0.6) is 0 Å². The molecule has 0 saturated carbocycles. The first-order chi connectivity index (χ1) is 34.9. The van der Waals surface area contributed by atoms with Crippen molar-refractivity contribution in [2.24, 2.45) is 0 Å². The van der Waals surface area contributed by atoms with Gasteiger partial charge in [-0.3, -0.25) is 39.4 Å². The van der Waals surface area contributed by atoms with Crippen molar-refractivity contribution in [3.8, 4) is 0 Å². The summed E-state index contributed by atoms with van der Waals surface area (Å²) in [6, 6.07) is 18.4. The van der Waals surface area contributed by atoms with Crippen LogP contribution in [-0.4, -0.2) is 73.6 Å². The average molecular weight is 1270 g/mol. The summed E-state index contributed by atoms with van der Waals surface area (Å²) in [7, 11) is 0. The van der Waals surface area contributed by atoms with Crippen molar-refractivity contribution in [2.75, 3.05) is 37.6 Å². The third-order valence-electron chi connectivity index (χ3n) is 13.3. The molecular formula is C53H43Br3Cl5N8O4+. The largest absolute Gasteiger partial charge is 0.398 e. The lowest BCUT2D eigenvalue weighted by atomic mass is 9.96. The van der Waals surface area contributed by atoms with Gasteiger partial charge in [0.1, 0.15) is 11.4 Å². The standard InChI is InChI=1S/C25H24BrCl2N4O2.C14H9BrCl2N2O.C14H10BrClN2O/c26-19-12-18-2-1-17-13-20(27)14-21(28)23(17)25(24(18)29-15-19)31-9-7-30(8-10-31)22(33)11-16-3-5-32(34)6-4-16;15-8-3-7-2-1-6-4-9(16)12(18)11(17)10(6)14(20)13(7)19-5-8;15-9-3-8-2-1-7-4-11(16)12(17)5-10(7)14(19)13(8)18-6-9/h3-6,12-15,25,34H,1-2,7-11H2;3-5H,1-2,18H2;3-6H,1-2,17H2/q+1;;. The molecule has 374 valence electrons. The Morgan fingerprint density at radius 3 is 1.85 bits per heavy atom. The average Bonchev–Trinajstić information content (AvgIpc) is 3.67. The second-order valence-electron chi connectivity index (χ2n) is 17.9. The van der Waals surface area contributed by atoms with Crippen molar-refractivity contribution in [2.45, 2.75) is 51.0 Å². The molecule has 73 heavy (non-hydrogen) atoms. The van der Waals surface area contributed by atoms with Gasteiger partial charge in [0.25, 0.3) is 0 Å². The maximum Gasteiger partial charge on any atom is 0.227 e. The number of carbonyl (C=O) groups excluding carboxylic acids is 3. The van der Waals surface area contributed by atoms with E-state index in [1.54, 1.807) is 42.7 Å². The number of ketones is 2. The number of piperazine rings is 1. The monoisotopic (exact) mass is 1270 g/mol. The van der Waals surface area contributed by atoms with Gasteiger partial charge in [0.2, 0.25) is 29.9 Å². The number of aryl methyl sites for hydroxylation is 6. The highest BCUT2D eigenvalue weighted by atomic mass is 79.9. The van der Waals surface area contributed by atoms with Crippen LogP contribution in [0.3, 0.4) is 0 Å². The van der Waals surface area contributed by atoms with E-state index in [4.69, 9.17) is 74.5 Å². The molecule has 1 aliphatic heterocycles. The van der Waals surface area contributed by atoms with E-state index in [1.807, 2.05) is 35.4 Å². The molecular weight excluding hydrogens is 1230 g/mol. The molecule has 1 fully saturated rings. The molecule has 7 aromatic rings. The first kappa shape index (κ1) is 53.2. The van der Waals surface area contributed by atoms with E-state index >= 15 is 0 Å². The van der Waals surface area contributed by atoms with Crippen molar-refractivity contribution in [3.63, 3.8) is 0 Å². The van der Waals surface area contributed by atoms with Crippen LogP contribution >= 0.6 is 106 Å². The van der Waals surface area contributed by atoms with Crippen LogP contribution in [-0.2, 0) is 49.7 Å². The van der Waals surface area contributed by atoms with Crippen LogP contribution in [0.4, 0.5) is 11.4 Å². The molecule has 5 N–H and O–H groups in total.